The van der Waals surface area contributed by atoms with Crippen LogP contribution >= 0.6 is 23.4 Å². The number of pyridine rings is 1. The summed E-state index contributed by atoms with van der Waals surface area (Å²) in [6, 6.07) is 7.57. The number of benzene rings is 1. The van der Waals surface area contributed by atoms with Crippen molar-refractivity contribution in [2.24, 2.45) is 0 Å². The molecular formula is C14H11ClN2O4S. The molecule has 0 spiro atoms. The van der Waals surface area contributed by atoms with Gasteiger partial charge in [-0.1, -0.05) is 17.7 Å². The monoisotopic (exact) mass is 338 g/mol. The lowest BCUT2D eigenvalue weighted by Gasteiger charge is -2.06. The van der Waals surface area contributed by atoms with Gasteiger partial charge in [0.25, 0.3) is 5.69 Å². The fourth-order valence-electron chi connectivity index (χ4n) is 1.68. The summed E-state index contributed by atoms with van der Waals surface area (Å²) in [5, 5.41) is 11.3. The second kappa shape index (κ2) is 7.24. The molecule has 1 heterocycles. The summed E-state index contributed by atoms with van der Waals surface area (Å²) in [7, 11) is 0. The Morgan fingerprint density at radius 2 is 2.18 bits per heavy atom. The van der Waals surface area contributed by atoms with Crippen molar-refractivity contribution in [2.75, 3.05) is 6.26 Å². The van der Waals surface area contributed by atoms with Crippen molar-refractivity contribution >= 4 is 35.0 Å². The number of ether oxygens (including phenoxy) is 1. The number of halogens is 1. The van der Waals surface area contributed by atoms with Crippen LogP contribution in [-0.2, 0) is 11.3 Å². The molecule has 0 saturated carbocycles. The fourth-order valence-corrected chi connectivity index (χ4v) is 2.23. The molecule has 8 heteroatoms. The minimum atomic E-state index is -0.752. The van der Waals surface area contributed by atoms with Crippen molar-refractivity contribution in [1.82, 2.24) is 4.98 Å². The highest BCUT2D eigenvalue weighted by Gasteiger charge is 2.22. The lowest BCUT2D eigenvalue weighted by molar-refractivity contribution is -0.385. The first-order chi connectivity index (χ1) is 10.5. The topological polar surface area (TPSA) is 82.3 Å². The molecule has 0 radical (unpaired) electrons. The SMILES string of the molecule is CSc1ccc([N+](=O)[O-])c(C(=O)OCc2ccc(Cl)nc2)c1. The van der Waals surface area contributed by atoms with E-state index in [9.17, 15) is 14.9 Å². The first-order valence-corrected chi connectivity index (χ1v) is 7.71. The Morgan fingerprint density at radius 3 is 2.77 bits per heavy atom. The zero-order valence-electron chi connectivity index (χ0n) is 11.5. The second-order valence-electron chi connectivity index (χ2n) is 4.21. The zero-order chi connectivity index (χ0) is 16.1. The smallest absolute Gasteiger partial charge is 0.345 e. The number of thioether (sulfide) groups is 1. The largest absolute Gasteiger partial charge is 0.457 e. The van der Waals surface area contributed by atoms with E-state index in [1.807, 2.05) is 6.26 Å². The number of aromatic nitrogens is 1. The zero-order valence-corrected chi connectivity index (χ0v) is 13.1. The maximum Gasteiger partial charge on any atom is 0.345 e. The molecule has 0 N–H and O–H groups in total. The Hall–Kier alpha value is -2.12. The van der Waals surface area contributed by atoms with Gasteiger partial charge in [-0.2, -0.15) is 0 Å². The van der Waals surface area contributed by atoms with Crippen molar-refractivity contribution in [3.8, 4) is 0 Å². The molecule has 0 aliphatic rings. The molecule has 114 valence electrons. The van der Waals surface area contributed by atoms with Gasteiger partial charge >= 0.3 is 5.97 Å². The summed E-state index contributed by atoms with van der Waals surface area (Å²) in [5.41, 5.74) is 0.289. The number of nitro groups is 1. The van der Waals surface area contributed by atoms with E-state index in [0.29, 0.717) is 10.7 Å². The Labute approximate surface area is 135 Å². The van der Waals surface area contributed by atoms with Gasteiger partial charge in [0, 0.05) is 22.7 Å². The van der Waals surface area contributed by atoms with E-state index in [4.69, 9.17) is 16.3 Å². The third-order valence-corrected chi connectivity index (χ3v) is 3.73. The van der Waals surface area contributed by atoms with E-state index >= 15 is 0 Å². The number of nitro benzene ring substituents is 1. The molecule has 0 saturated heterocycles. The van der Waals surface area contributed by atoms with E-state index in [1.54, 1.807) is 18.2 Å². The van der Waals surface area contributed by atoms with Crippen LogP contribution in [0.1, 0.15) is 15.9 Å². The van der Waals surface area contributed by atoms with Crippen LogP contribution in [0.5, 0.6) is 0 Å². The van der Waals surface area contributed by atoms with E-state index in [2.05, 4.69) is 4.98 Å². The molecule has 0 aliphatic heterocycles. The van der Waals surface area contributed by atoms with E-state index in [-0.39, 0.29) is 17.9 Å². The van der Waals surface area contributed by atoms with Gasteiger partial charge in [-0.05, 0) is 24.5 Å². The summed E-state index contributed by atoms with van der Waals surface area (Å²) < 4.78 is 5.11. The average molecular weight is 339 g/mol. The number of nitrogens with zero attached hydrogens (tertiary/aromatic N) is 2. The van der Waals surface area contributed by atoms with Gasteiger partial charge in [0.15, 0.2) is 0 Å². The fraction of sp³-hybridized carbons (Fsp3) is 0.143. The van der Waals surface area contributed by atoms with Gasteiger partial charge in [0.1, 0.15) is 17.3 Å². The van der Waals surface area contributed by atoms with Crippen molar-refractivity contribution < 1.29 is 14.5 Å². The van der Waals surface area contributed by atoms with Gasteiger partial charge in [0.05, 0.1) is 4.92 Å². The third-order valence-electron chi connectivity index (χ3n) is 2.78. The molecule has 2 aromatic rings. The third kappa shape index (κ3) is 3.96. The van der Waals surface area contributed by atoms with Gasteiger partial charge < -0.3 is 4.74 Å². The molecule has 6 nitrogen and oxygen atoms in total. The van der Waals surface area contributed by atoms with Gasteiger partial charge in [-0.15, -0.1) is 11.8 Å². The van der Waals surface area contributed by atoms with Crippen LogP contribution in [0.3, 0.4) is 0 Å². The second-order valence-corrected chi connectivity index (χ2v) is 5.47. The molecule has 0 fully saturated rings. The van der Waals surface area contributed by atoms with Crippen molar-refractivity contribution in [3.63, 3.8) is 0 Å². The summed E-state index contributed by atoms with van der Waals surface area (Å²) in [4.78, 5) is 27.1. The van der Waals surface area contributed by atoms with Crippen LogP contribution in [0.4, 0.5) is 5.69 Å². The average Bonchev–Trinajstić information content (AvgIpc) is 2.53. The number of esters is 1. The van der Waals surface area contributed by atoms with E-state index in [1.165, 1.54) is 30.1 Å². The Morgan fingerprint density at radius 1 is 1.41 bits per heavy atom. The number of carbonyl (C=O) groups is 1. The van der Waals surface area contributed by atoms with Crippen molar-refractivity contribution in [1.29, 1.82) is 0 Å². The molecule has 0 unspecified atom stereocenters. The Kier molecular flexibility index (Phi) is 5.35. The highest BCUT2D eigenvalue weighted by molar-refractivity contribution is 7.98. The molecule has 0 atom stereocenters. The predicted molar refractivity (Wildman–Crippen MR) is 83.2 cm³/mol. The normalized spacial score (nSPS) is 10.3. The summed E-state index contributed by atoms with van der Waals surface area (Å²) in [6.45, 7) is -0.0380. The first-order valence-electron chi connectivity index (χ1n) is 6.11. The molecule has 0 bridgehead atoms. The highest BCUT2D eigenvalue weighted by Crippen LogP contribution is 2.25. The minimum Gasteiger partial charge on any atom is -0.457 e. The maximum absolute atomic E-state index is 12.1. The highest BCUT2D eigenvalue weighted by atomic mass is 35.5. The molecule has 1 aromatic heterocycles. The standard InChI is InChI=1S/C14H11ClN2O4S/c1-22-10-3-4-12(17(19)20)11(6-10)14(18)21-8-9-2-5-13(15)16-7-9/h2-7H,8H2,1H3. The summed E-state index contributed by atoms with van der Waals surface area (Å²) in [6.07, 6.45) is 3.29. The van der Waals surface area contributed by atoms with Crippen molar-refractivity contribution in [3.05, 3.63) is 62.9 Å². The number of rotatable bonds is 5. The predicted octanol–water partition coefficient (Wildman–Crippen LogP) is 3.72. The van der Waals surface area contributed by atoms with Gasteiger partial charge in [0.2, 0.25) is 0 Å². The van der Waals surface area contributed by atoms with Crippen LogP contribution in [0.2, 0.25) is 5.15 Å². The van der Waals surface area contributed by atoms with Crippen LogP contribution < -0.4 is 0 Å². The number of carbonyl (C=O) groups excluding carboxylic acids is 1. The lowest BCUT2D eigenvalue weighted by Crippen LogP contribution is -2.08. The van der Waals surface area contributed by atoms with Gasteiger partial charge in [-0.3, -0.25) is 10.1 Å². The van der Waals surface area contributed by atoms with Crippen molar-refractivity contribution in [2.45, 2.75) is 11.5 Å². The van der Waals surface area contributed by atoms with E-state index in [0.717, 1.165) is 4.90 Å². The molecule has 22 heavy (non-hydrogen) atoms. The minimum absolute atomic E-state index is 0.0380. The van der Waals surface area contributed by atoms with Gasteiger partial charge in [-0.25, -0.2) is 9.78 Å². The quantitative estimate of drug-likeness (QED) is 0.271. The molecule has 0 amide bonds. The molecule has 0 aliphatic carbocycles. The first kappa shape index (κ1) is 16.3. The van der Waals surface area contributed by atoms with E-state index < -0.39 is 10.9 Å². The van der Waals surface area contributed by atoms with Crippen LogP contribution in [0.25, 0.3) is 0 Å². The lowest BCUT2D eigenvalue weighted by atomic mass is 10.2. The van der Waals surface area contributed by atoms with Crippen LogP contribution in [0.15, 0.2) is 41.4 Å². The summed E-state index contributed by atoms with van der Waals surface area (Å²) in [5.74, 6) is -0.752. The Balaban J connectivity index is 2.17. The molecule has 1 aromatic carbocycles. The van der Waals surface area contributed by atoms with Crippen LogP contribution in [-0.4, -0.2) is 22.1 Å². The Bertz CT molecular complexity index is 706. The summed E-state index contributed by atoms with van der Waals surface area (Å²) >= 11 is 7.04. The molecular weight excluding hydrogens is 328 g/mol. The van der Waals surface area contributed by atoms with Crippen LogP contribution in [0, 0.1) is 10.1 Å². The number of hydrogen-bond donors (Lipinski definition) is 0. The maximum atomic E-state index is 12.1. The number of hydrogen-bond acceptors (Lipinski definition) is 6. The molecule has 2 rings (SSSR count).